The van der Waals surface area contributed by atoms with Gasteiger partial charge in [0.1, 0.15) is 18.1 Å². The van der Waals surface area contributed by atoms with E-state index in [0.717, 1.165) is 11.3 Å². The summed E-state index contributed by atoms with van der Waals surface area (Å²) in [5.41, 5.74) is 3.24. The molecule has 1 amide bonds. The molecule has 0 aliphatic heterocycles. The Hall–Kier alpha value is -1.88. The van der Waals surface area contributed by atoms with E-state index in [2.05, 4.69) is 4.98 Å². The minimum Gasteiger partial charge on any atom is -0.491 e. The molecule has 4 nitrogen and oxygen atoms in total. The maximum absolute atomic E-state index is 11.9. The minimum absolute atomic E-state index is 0.0744. The molecule has 5 heteroatoms. The van der Waals surface area contributed by atoms with Crippen molar-refractivity contribution >= 4 is 17.2 Å². The van der Waals surface area contributed by atoms with Crippen molar-refractivity contribution in [2.45, 2.75) is 6.92 Å². The summed E-state index contributed by atoms with van der Waals surface area (Å²) in [4.78, 5) is 17.6. The second kappa shape index (κ2) is 6.33. The van der Waals surface area contributed by atoms with Crippen LogP contribution in [0.3, 0.4) is 0 Å². The monoisotopic (exact) mass is 276 g/mol. The maximum Gasteiger partial charge on any atom is 0.273 e. The van der Waals surface area contributed by atoms with Crippen molar-refractivity contribution in [3.63, 3.8) is 0 Å². The number of benzene rings is 1. The van der Waals surface area contributed by atoms with Crippen molar-refractivity contribution < 1.29 is 9.53 Å². The zero-order valence-corrected chi connectivity index (χ0v) is 11.8. The standard InChI is InChI=1S/C14H16N2O2S/c1-11-5-3-4-6-13(11)18-8-7-16(2)14(17)12-9-19-10-15-12/h3-6,9-10H,7-8H2,1-2H3. The van der Waals surface area contributed by atoms with Crippen molar-refractivity contribution in [1.29, 1.82) is 0 Å². The van der Waals surface area contributed by atoms with Crippen LogP contribution >= 0.6 is 11.3 Å². The molecule has 2 aromatic rings. The van der Waals surface area contributed by atoms with Crippen LogP contribution in [-0.2, 0) is 0 Å². The predicted octanol–water partition coefficient (Wildman–Crippen LogP) is 2.60. The Kier molecular flexibility index (Phi) is 4.52. The van der Waals surface area contributed by atoms with E-state index >= 15 is 0 Å². The van der Waals surface area contributed by atoms with Crippen LogP contribution in [-0.4, -0.2) is 36.0 Å². The Bertz CT molecular complexity index is 540. The van der Waals surface area contributed by atoms with Crippen molar-refractivity contribution in [2.75, 3.05) is 20.2 Å². The first-order valence-electron chi connectivity index (χ1n) is 6.00. The van der Waals surface area contributed by atoms with Gasteiger partial charge in [0.15, 0.2) is 0 Å². The minimum atomic E-state index is -0.0744. The van der Waals surface area contributed by atoms with Crippen LogP contribution in [0, 0.1) is 6.92 Å². The Balaban J connectivity index is 1.83. The summed E-state index contributed by atoms with van der Waals surface area (Å²) in [6, 6.07) is 7.84. The van der Waals surface area contributed by atoms with Gasteiger partial charge in [-0.25, -0.2) is 4.98 Å². The number of para-hydroxylation sites is 1. The summed E-state index contributed by atoms with van der Waals surface area (Å²) in [6.45, 7) is 3.00. The topological polar surface area (TPSA) is 42.4 Å². The first-order chi connectivity index (χ1) is 9.18. The van der Waals surface area contributed by atoms with Gasteiger partial charge in [-0.05, 0) is 18.6 Å². The Morgan fingerprint density at radius 3 is 2.89 bits per heavy atom. The molecule has 1 aromatic heterocycles. The highest BCUT2D eigenvalue weighted by Gasteiger charge is 2.13. The van der Waals surface area contributed by atoms with Crippen LogP contribution in [0.5, 0.6) is 5.75 Å². The quantitative estimate of drug-likeness (QED) is 0.843. The third-order valence-electron chi connectivity index (χ3n) is 2.78. The molecule has 0 N–H and O–H groups in total. The van der Waals surface area contributed by atoms with E-state index in [0.29, 0.717) is 18.8 Å². The fourth-order valence-electron chi connectivity index (χ4n) is 1.63. The van der Waals surface area contributed by atoms with E-state index < -0.39 is 0 Å². The number of carbonyl (C=O) groups is 1. The second-order valence-corrected chi connectivity index (χ2v) is 4.93. The maximum atomic E-state index is 11.9. The molecule has 0 saturated heterocycles. The average molecular weight is 276 g/mol. The third kappa shape index (κ3) is 3.54. The molecular formula is C14H16N2O2S. The van der Waals surface area contributed by atoms with E-state index in [9.17, 15) is 4.79 Å². The number of carbonyl (C=O) groups excluding carboxylic acids is 1. The fraction of sp³-hybridized carbons (Fsp3) is 0.286. The molecule has 0 aliphatic rings. The molecular weight excluding hydrogens is 260 g/mol. The molecule has 1 heterocycles. The van der Waals surface area contributed by atoms with Gasteiger partial charge in [-0.1, -0.05) is 18.2 Å². The summed E-state index contributed by atoms with van der Waals surface area (Å²) >= 11 is 1.42. The van der Waals surface area contributed by atoms with Crippen LogP contribution in [0.4, 0.5) is 0 Å². The van der Waals surface area contributed by atoms with Crippen LogP contribution in [0.2, 0.25) is 0 Å². The van der Waals surface area contributed by atoms with Gasteiger partial charge in [0.2, 0.25) is 0 Å². The molecule has 0 atom stereocenters. The number of rotatable bonds is 5. The molecule has 100 valence electrons. The van der Waals surface area contributed by atoms with Gasteiger partial charge in [0.05, 0.1) is 12.1 Å². The lowest BCUT2D eigenvalue weighted by atomic mass is 10.2. The normalized spacial score (nSPS) is 10.2. The highest BCUT2D eigenvalue weighted by atomic mass is 32.1. The van der Waals surface area contributed by atoms with Gasteiger partial charge in [-0.15, -0.1) is 11.3 Å². The summed E-state index contributed by atoms with van der Waals surface area (Å²) in [5.74, 6) is 0.784. The van der Waals surface area contributed by atoms with Gasteiger partial charge < -0.3 is 9.64 Å². The predicted molar refractivity (Wildman–Crippen MR) is 75.7 cm³/mol. The molecule has 0 fully saturated rings. The number of ether oxygens (including phenoxy) is 1. The molecule has 1 aromatic carbocycles. The van der Waals surface area contributed by atoms with E-state index in [4.69, 9.17) is 4.74 Å². The van der Waals surface area contributed by atoms with Crippen molar-refractivity contribution in [1.82, 2.24) is 9.88 Å². The number of thiazole rings is 1. The molecule has 0 radical (unpaired) electrons. The first-order valence-corrected chi connectivity index (χ1v) is 6.95. The third-order valence-corrected chi connectivity index (χ3v) is 3.36. The van der Waals surface area contributed by atoms with E-state index in [1.165, 1.54) is 11.3 Å². The molecule has 0 spiro atoms. The summed E-state index contributed by atoms with van der Waals surface area (Å²) in [7, 11) is 1.75. The van der Waals surface area contributed by atoms with Crippen molar-refractivity contribution in [3.05, 3.63) is 46.4 Å². The lowest BCUT2D eigenvalue weighted by Gasteiger charge is -2.16. The molecule has 0 saturated carbocycles. The largest absolute Gasteiger partial charge is 0.491 e. The zero-order chi connectivity index (χ0) is 13.7. The van der Waals surface area contributed by atoms with E-state index in [-0.39, 0.29) is 5.91 Å². The fourth-order valence-corrected chi connectivity index (χ4v) is 2.15. The highest BCUT2D eigenvalue weighted by molar-refractivity contribution is 7.07. The molecule has 0 aliphatic carbocycles. The summed E-state index contributed by atoms with van der Waals surface area (Å²) in [5, 5.41) is 1.75. The smallest absolute Gasteiger partial charge is 0.273 e. The van der Waals surface area contributed by atoms with Crippen molar-refractivity contribution in [2.24, 2.45) is 0 Å². The molecule has 0 unspecified atom stereocenters. The molecule has 2 rings (SSSR count). The summed E-state index contributed by atoms with van der Waals surface area (Å²) in [6.07, 6.45) is 0. The van der Waals surface area contributed by atoms with Crippen LogP contribution in [0.1, 0.15) is 16.1 Å². The Morgan fingerprint density at radius 1 is 1.42 bits per heavy atom. The van der Waals surface area contributed by atoms with Gasteiger partial charge in [0.25, 0.3) is 5.91 Å². The lowest BCUT2D eigenvalue weighted by molar-refractivity contribution is 0.0768. The Labute approximate surface area is 116 Å². The molecule has 0 bridgehead atoms. The van der Waals surface area contributed by atoms with E-state index in [1.807, 2.05) is 31.2 Å². The lowest BCUT2D eigenvalue weighted by Crippen LogP contribution is -2.31. The van der Waals surface area contributed by atoms with Crippen LogP contribution in [0.25, 0.3) is 0 Å². The van der Waals surface area contributed by atoms with Gasteiger partial charge in [-0.2, -0.15) is 0 Å². The second-order valence-electron chi connectivity index (χ2n) is 4.21. The SMILES string of the molecule is Cc1ccccc1OCCN(C)C(=O)c1cscn1. The average Bonchev–Trinajstić information content (AvgIpc) is 2.94. The zero-order valence-electron chi connectivity index (χ0n) is 11.0. The van der Waals surface area contributed by atoms with Crippen LogP contribution in [0.15, 0.2) is 35.2 Å². The van der Waals surface area contributed by atoms with Gasteiger partial charge >= 0.3 is 0 Å². The number of amides is 1. The number of hydrogen-bond donors (Lipinski definition) is 0. The number of aryl methyl sites for hydroxylation is 1. The van der Waals surface area contributed by atoms with Crippen molar-refractivity contribution in [3.8, 4) is 5.75 Å². The number of hydrogen-bond acceptors (Lipinski definition) is 4. The van der Waals surface area contributed by atoms with Crippen LogP contribution < -0.4 is 4.74 Å². The van der Waals surface area contributed by atoms with Gasteiger partial charge in [-0.3, -0.25) is 4.79 Å². The number of aromatic nitrogens is 1. The summed E-state index contributed by atoms with van der Waals surface area (Å²) < 4.78 is 5.66. The highest BCUT2D eigenvalue weighted by Crippen LogP contribution is 2.15. The van der Waals surface area contributed by atoms with E-state index in [1.54, 1.807) is 22.8 Å². The molecule has 19 heavy (non-hydrogen) atoms. The van der Waals surface area contributed by atoms with Gasteiger partial charge in [0, 0.05) is 12.4 Å². The number of nitrogens with zero attached hydrogens (tertiary/aromatic N) is 2. The number of likely N-dealkylation sites (N-methyl/N-ethyl adjacent to an activating group) is 1. The Morgan fingerprint density at radius 2 is 2.21 bits per heavy atom. The first kappa shape index (κ1) is 13.5.